The van der Waals surface area contributed by atoms with E-state index in [-0.39, 0.29) is 0 Å². The molecular weight excluding hydrogens is 380 g/mol. The summed E-state index contributed by atoms with van der Waals surface area (Å²) in [5.74, 6) is 1.32. The Morgan fingerprint density at radius 1 is 1.30 bits per heavy atom. The molecule has 3 aromatic heterocycles. The van der Waals surface area contributed by atoms with Crippen molar-refractivity contribution in [3.8, 4) is 5.75 Å². The van der Waals surface area contributed by atoms with Crippen molar-refractivity contribution in [3.05, 3.63) is 51.1 Å². The van der Waals surface area contributed by atoms with Crippen LogP contribution in [0.3, 0.4) is 0 Å². The van der Waals surface area contributed by atoms with Crippen LogP contribution in [0.2, 0.25) is 5.15 Å². The van der Waals surface area contributed by atoms with Gasteiger partial charge in [0.1, 0.15) is 18.1 Å². The van der Waals surface area contributed by atoms with Crippen LogP contribution in [-0.2, 0) is 6.61 Å². The smallest absolute Gasteiger partial charge is 0.155 e. The fourth-order valence-corrected chi connectivity index (χ4v) is 3.24. The standard InChI is InChI=1S/C16H14BrClN4O/c1-9-14(5-15(18)21-20-9)23-8-12-7-22-6-11(10-2-3-10)4-13(17)16(22)19-12/h4-7,10H,2-3,8H2,1H3. The van der Waals surface area contributed by atoms with Gasteiger partial charge in [-0.2, -0.15) is 5.10 Å². The largest absolute Gasteiger partial charge is 0.485 e. The zero-order valence-electron chi connectivity index (χ0n) is 12.5. The summed E-state index contributed by atoms with van der Waals surface area (Å²) in [6, 6.07) is 3.84. The fraction of sp³-hybridized carbons (Fsp3) is 0.312. The molecule has 0 N–H and O–H groups in total. The zero-order chi connectivity index (χ0) is 16.0. The Morgan fingerprint density at radius 3 is 2.91 bits per heavy atom. The highest BCUT2D eigenvalue weighted by Crippen LogP contribution is 2.41. The molecule has 5 nitrogen and oxygen atoms in total. The Hall–Kier alpha value is -1.66. The lowest BCUT2D eigenvalue weighted by Crippen LogP contribution is -1.99. The highest BCUT2D eigenvalue weighted by molar-refractivity contribution is 9.10. The van der Waals surface area contributed by atoms with E-state index in [9.17, 15) is 0 Å². The predicted molar refractivity (Wildman–Crippen MR) is 91.0 cm³/mol. The van der Waals surface area contributed by atoms with E-state index >= 15 is 0 Å². The Balaban J connectivity index is 1.59. The number of aryl methyl sites for hydroxylation is 1. The van der Waals surface area contributed by atoms with Crippen molar-refractivity contribution in [3.63, 3.8) is 0 Å². The lowest BCUT2D eigenvalue weighted by molar-refractivity contribution is 0.297. The normalized spacial score (nSPS) is 14.4. The van der Waals surface area contributed by atoms with Crippen LogP contribution in [0.1, 0.15) is 35.7 Å². The predicted octanol–water partition coefficient (Wildman–Crippen LogP) is 4.31. The van der Waals surface area contributed by atoms with Gasteiger partial charge in [-0.25, -0.2) is 4.98 Å². The molecule has 0 aliphatic heterocycles. The van der Waals surface area contributed by atoms with E-state index in [1.165, 1.54) is 18.4 Å². The second-order valence-corrected chi connectivity index (χ2v) is 7.01. The number of nitrogens with zero attached hydrogens (tertiary/aromatic N) is 4. The second kappa shape index (κ2) is 5.76. The molecule has 1 aliphatic rings. The van der Waals surface area contributed by atoms with E-state index in [0.717, 1.165) is 15.8 Å². The van der Waals surface area contributed by atoms with Crippen molar-refractivity contribution >= 4 is 33.2 Å². The van der Waals surface area contributed by atoms with Crippen molar-refractivity contribution in [2.45, 2.75) is 32.3 Å². The van der Waals surface area contributed by atoms with Crippen LogP contribution < -0.4 is 4.74 Å². The molecule has 0 amide bonds. The van der Waals surface area contributed by atoms with Crippen molar-refractivity contribution < 1.29 is 4.74 Å². The summed E-state index contributed by atoms with van der Waals surface area (Å²) in [5, 5.41) is 8.05. The Labute approximate surface area is 146 Å². The molecule has 1 aliphatic carbocycles. The molecule has 23 heavy (non-hydrogen) atoms. The zero-order valence-corrected chi connectivity index (χ0v) is 14.8. The Bertz CT molecular complexity index is 891. The van der Waals surface area contributed by atoms with Gasteiger partial charge in [0.2, 0.25) is 0 Å². The summed E-state index contributed by atoms with van der Waals surface area (Å²) in [6.45, 7) is 2.19. The van der Waals surface area contributed by atoms with Gasteiger partial charge in [0.15, 0.2) is 10.8 Å². The molecule has 0 spiro atoms. The number of imidazole rings is 1. The summed E-state index contributed by atoms with van der Waals surface area (Å²) in [7, 11) is 0. The van der Waals surface area contributed by atoms with Gasteiger partial charge in [-0.3, -0.25) is 0 Å². The molecule has 118 valence electrons. The van der Waals surface area contributed by atoms with Gasteiger partial charge in [0, 0.05) is 18.5 Å². The van der Waals surface area contributed by atoms with Crippen LogP contribution in [0.25, 0.3) is 5.65 Å². The van der Waals surface area contributed by atoms with Crippen LogP contribution in [0, 0.1) is 6.92 Å². The number of fused-ring (bicyclic) bond motifs is 1. The minimum absolute atomic E-state index is 0.317. The highest BCUT2D eigenvalue weighted by Gasteiger charge is 2.24. The van der Waals surface area contributed by atoms with Crippen LogP contribution in [0.15, 0.2) is 29.0 Å². The monoisotopic (exact) mass is 392 g/mol. The van der Waals surface area contributed by atoms with Crippen LogP contribution >= 0.6 is 27.5 Å². The van der Waals surface area contributed by atoms with Gasteiger partial charge >= 0.3 is 0 Å². The minimum Gasteiger partial charge on any atom is -0.485 e. The van der Waals surface area contributed by atoms with Crippen molar-refractivity contribution in [2.75, 3.05) is 0 Å². The van der Waals surface area contributed by atoms with Gasteiger partial charge in [0.25, 0.3) is 0 Å². The molecular formula is C16H14BrClN4O. The first kappa shape index (κ1) is 14.9. The van der Waals surface area contributed by atoms with E-state index in [1.54, 1.807) is 6.07 Å². The topological polar surface area (TPSA) is 52.3 Å². The number of pyridine rings is 1. The molecule has 0 aromatic carbocycles. The van der Waals surface area contributed by atoms with Gasteiger partial charge in [-0.1, -0.05) is 11.6 Å². The molecule has 0 saturated heterocycles. The summed E-state index contributed by atoms with van der Waals surface area (Å²) in [6.07, 6.45) is 6.71. The SMILES string of the molecule is Cc1nnc(Cl)cc1OCc1cn2cc(C3CC3)cc(Br)c2n1. The quantitative estimate of drug-likeness (QED) is 0.663. The van der Waals surface area contributed by atoms with E-state index in [4.69, 9.17) is 16.3 Å². The lowest BCUT2D eigenvalue weighted by atomic mass is 10.2. The first-order chi connectivity index (χ1) is 11.1. The lowest BCUT2D eigenvalue weighted by Gasteiger charge is -2.05. The molecule has 0 bridgehead atoms. The van der Waals surface area contributed by atoms with E-state index in [2.05, 4.69) is 47.8 Å². The number of halogens is 2. The average Bonchev–Trinajstić information content (AvgIpc) is 3.28. The molecule has 7 heteroatoms. The number of ether oxygens (including phenoxy) is 1. The maximum absolute atomic E-state index is 5.86. The van der Waals surface area contributed by atoms with Crippen molar-refractivity contribution in [1.29, 1.82) is 0 Å². The summed E-state index contributed by atoms with van der Waals surface area (Å²) in [4.78, 5) is 4.62. The highest BCUT2D eigenvalue weighted by atomic mass is 79.9. The molecule has 1 fully saturated rings. The first-order valence-corrected chi connectivity index (χ1v) is 8.57. The molecule has 3 heterocycles. The Kier molecular flexibility index (Phi) is 3.73. The number of rotatable bonds is 4. The maximum Gasteiger partial charge on any atom is 0.155 e. The van der Waals surface area contributed by atoms with Crippen LogP contribution in [0.4, 0.5) is 0 Å². The molecule has 0 radical (unpaired) electrons. The summed E-state index contributed by atoms with van der Waals surface area (Å²) >= 11 is 9.47. The molecule has 3 aromatic rings. The summed E-state index contributed by atoms with van der Waals surface area (Å²) in [5.41, 5.74) is 3.81. The van der Waals surface area contributed by atoms with Crippen LogP contribution in [-0.4, -0.2) is 19.6 Å². The second-order valence-electron chi connectivity index (χ2n) is 5.76. The van der Waals surface area contributed by atoms with Crippen molar-refractivity contribution in [2.24, 2.45) is 0 Å². The maximum atomic E-state index is 5.86. The van der Waals surface area contributed by atoms with E-state index in [1.807, 2.05) is 13.1 Å². The molecule has 4 rings (SSSR count). The minimum atomic E-state index is 0.317. The number of aromatic nitrogens is 4. The fourth-order valence-electron chi connectivity index (χ4n) is 2.55. The van der Waals surface area contributed by atoms with Gasteiger partial charge in [0.05, 0.1) is 10.2 Å². The van der Waals surface area contributed by atoms with E-state index in [0.29, 0.717) is 29.1 Å². The average molecular weight is 394 g/mol. The third-order valence-electron chi connectivity index (χ3n) is 3.90. The number of hydrogen-bond donors (Lipinski definition) is 0. The molecule has 0 unspecified atom stereocenters. The van der Waals surface area contributed by atoms with Crippen molar-refractivity contribution in [1.82, 2.24) is 19.6 Å². The Morgan fingerprint density at radius 2 is 2.13 bits per heavy atom. The number of hydrogen-bond acceptors (Lipinski definition) is 4. The summed E-state index contributed by atoms with van der Waals surface area (Å²) < 4.78 is 8.85. The van der Waals surface area contributed by atoms with E-state index < -0.39 is 0 Å². The van der Waals surface area contributed by atoms with Crippen LogP contribution in [0.5, 0.6) is 5.75 Å². The van der Waals surface area contributed by atoms with Gasteiger partial charge in [-0.05, 0) is 53.2 Å². The molecule has 1 saturated carbocycles. The third kappa shape index (κ3) is 3.05. The van der Waals surface area contributed by atoms with Gasteiger partial charge in [-0.15, -0.1) is 5.10 Å². The van der Waals surface area contributed by atoms with Gasteiger partial charge < -0.3 is 9.14 Å². The molecule has 0 atom stereocenters. The first-order valence-electron chi connectivity index (χ1n) is 7.40. The third-order valence-corrected chi connectivity index (χ3v) is 4.67.